The maximum atomic E-state index is 15.5. The maximum Gasteiger partial charge on any atom is 0.327 e. The number of aromatic nitrogens is 2. The summed E-state index contributed by atoms with van der Waals surface area (Å²) in [6.07, 6.45) is 0.591. The topological polar surface area (TPSA) is 107 Å². The molecule has 1 atom stereocenters. The van der Waals surface area contributed by atoms with Crippen molar-refractivity contribution in [2.24, 2.45) is 13.0 Å². The van der Waals surface area contributed by atoms with Gasteiger partial charge in [-0.3, -0.25) is 14.5 Å². The van der Waals surface area contributed by atoms with Crippen LogP contribution < -0.4 is 20.3 Å². The van der Waals surface area contributed by atoms with Crippen LogP contribution in [0.1, 0.15) is 69.6 Å². The Balaban J connectivity index is 1.08. The number of nitrogens with zero attached hydrogens (tertiary/aromatic N) is 3. The average Bonchev–Trinajstić information content (AvgIpc) is 3.83. The molecule has 7 rings (SSSR count). The van der Waals surface area contributed by atoms with Crippen molar-refractivity contribution in [3.05, 3.63) is 92.8 Å². The summed E-state index contributed by atoms with van der Waals surface area (Å²) in [5.74, 6) is -1.03. The van der Waals surface area contributed by atoms with Crippen LogP contribution in [-0.2, 0) is 42.6 Å². The highest BCUT2D eigenvalue weighted by Crippen LogP contribution is 2.44. The van der Waals surface area contributed by atoms with Gasteiger partial charge < -0.3 is 24.2 Å². The van der Waals surface area contributed by atoms with Gasteiger partial charge in [0.15, 0.2) is 11.6 Å². The Morgan fingerprint density at radius 3 is 2.60 bits per heavy atom. The average molecular weight is 738 g/mol. The standard InChI is InChI=1S/C38H39ClF3N5O5/c1-20-22(6-5-9-27(20)45-37(48)36-44-28-18-47(19-33(40)41)15-14-29(28)46(36)2)23-7-4-8-25-24(23)12-13-30(25)51-32-16-31(50-3)26(35(42)34(32)39)17-43-52-38(49)21-10-11-21/h4-9,16,21,30,33,43H,10-15,17-19H2,1-3H3,(H,45,48). The first kappa shape index (κ1) is 35.8. The molecule has 2 N–H and O–H groups in total. The molecule has 2 aliphatic carbocycles. The SMILES string of the molecule is COc1cc(OC2CCc3c(-c4cccc(NC(=O)c5nc6c(n5C)CCN(CC(F)F)C6)c4C)cccc32)c(Cl)c(F)c1CNOC(=O)C1CC1. The summed E-state index contributed by atoms with van der Waals surface area (Å²) < 4.78 is 55.1. The number of halogens is 4. The lowest BCUT2D eigenvalue weighted by molar-refractivity contribution is -0.153. The van der Waals surface area contributed by atoms with Gasteiger partial charge in [-0.05, 0) is 66.5 Å². The molecule has 0 bridgehead atoms. The van der Waals surface area contributed by atoms with E-state index in [0.29, 0.717) is 37.2 Å². The van der Waals surface area contributed by atoms with Crippen LogP contribution in [0.4, 0.5) is 18.9 Å². The number of methoxy groups -OCH3 is 1. The number of anilines is 1. The van der Waals surface area contributed by atoms with Crippen molar-refractivity contribution < 1.29 is 37.1 Å². The summed E-state index contributed by atoms with van der Waals surface area (Å²) in [6, 6.07) is 13.2. The number of benzene rings is 3. The number of rotatable bonds is 12. The fourth-order valence-corrected chi connectivity index (χ4v) is 7.37. The zero-order valence-electron chi connectivity index (χ0n) is 29.0. The van der Waals surface area contributed by atoms with E-state index in [0.717, 1.165) is 46.4 Å². The number of fused-ring (bicyclic) bond motifs is 2. The molecule has 52 heavy (non-hydrogen) atoms. The number of carbonyl (C=O) groups excluding carboxylic acids is 2. The van der Waals surface area contributed by atoms with Crippen molar-refractivity contribution >= 4 is 29.2 Å². The molecule has 10 nitrogen and oxygen atoms in total. The van der Waals surface area contributed by atoms with Crippen LogP contribution in [0.3, 0.4) is 0 Å². The minimum absolute atomic E-state index is 0.108. The van der Waals surface area contributed by atoms with E-state index >= 15 is 4.39 Å². The van der Waals surface area contributed by atoms with E-state index in [2.05, 4.69) is 15.8 Å². The summed E-state index contributed by atoms with van der Waals surface area (Å²) in [5.41, 5.74) is 9.57. The minimum Gasteiger partial charge on any atom is -0.496 e. The largest absolute Gasteiger partial charge is 0.496 e. The van der Waals surface area contributed by atoms with Gasteiger partial charge in [0.1, 0.15) is 22.6 Å². The molecule has 2 heterocycles. The van der Waals surface area contributed by atoms with Crippen LogP contribution in [0.15, 0.2) is 42.5 Å². The highest BCUT2D eigenvalue weighted by atomic mass is 35.5. The lowest BCUT2D eigenvalue weighted by atomic mass is 9.93. The number of imidazole rings is 1. The smallest absolute Gasteiger partial charge is 0.327 e. The Bertz CT molecular complexity index is 2030. The number of nitrogens with one attached hydrogen (secondary N) is 2. The predicted octanol–water partition coefficient (Wildman–Crippen LogP) is 7.10. The number of hydrogen-bond acceptors (Lipinski definition) is 8. The molecule has 4 aromatic rings. The fourth-order valence-electron chi connectivity index (χ4n) is 7.15. The van der Waals surface area contributed by atoms with Crippen molar-refractivity contribution in [3.63, 3.8) is 0 Å². The summed E-state index contributed by atoms with van der Waals surface area (Å²) in [4.78, 5) is 36.6. The molecule has 274 valence electrons. The molecule has 1 fully saturated rings. The van der Waals surface area contributed by atoms with E-state index in [4.69, 9.17) is 25.9 Å². The third-order valence-electron chi connectivity index (χ3n) is 10.1. The Labute approximate surface area is 304 Å². The van der Waals surface area contributed by atoms with E-state index in [1.54, 1.807) is 22.6 Å². The van der Waals surface area contributed by atoms with Crippen LogP contribution >= 0.6 is 11.6 Å². The Morgan fingerprint density at radius 1 is 1.08 bits per heavy atom. The van der Waals surface area contributed by atoms with Gasteiger partial charge in [-0.1, -0.05) is 41.9 Å². The molecule has 0 saturated heterocycles. The minimum atomic E-state index is -2.43. The third kappa shape index (κ3) is 7.09. The van der Waals surface area contributed by atoms with Gasteiger partial charge in [-0.15, -0.1) is 5.48 Å². The number of hydroxylamine groups is 1. The Morgan fingerprint density at radius 2 is 1.85 bits per heavy atom. The van der Waals surface area contributed by atoms with E-state index in [-0.39, 0.29) is 65.3 Å². The van der Waals surface area contributed by atoms with Crippen molar-refractivity contribution in [1.29, 1.82) is 0 Å². The van der Waals surface area contributed by atoms with E-state index in [1.807, 2.05) is 43.3 Å². The van der Waals surface area contributed by atoms with Crippen LogP contribution in [0.25, 0.3) is 11.1 Å². The van der Waals surface area contributed by atoms with E-state index in [9.17, 15) is 18.4 Å². The molecular weight excluding hydrogens is 699 g/mol. The number of ether oxygens (including phenoxy) is 2. The number of carbonyl (C=O) groups is 2. The lowest BCUT2D eigenvalue weighted by Gasteiger charge is -2.25. The second-order valence-electron chi connectivity index (χ2n) is 13.4. The molecule has 0 spiro atoms. The first-order valence-corrected chi connectivity index (χ1v) is 17.6. The predicted molar refractivity (Wildman–Crippen MR) is 188 cm³/mol. The lowest BCUT2D eigenvalue weighted by Crippen LogP contribution is -2.34. The highest BCUT2D eigenvalue weighted by Gasteiger charge is 2.33. The third-order valence-corrected chi connectivity index (χ3v) is 10.4. The van der Waals surface area contributed by atoms with Crippen molar-refractivity contribution in [2.45, 2.75) is 64.6 Å². The molecule has 3 aliphatic rings. The molecule has 1 amide bonds. The molecule has 14 heteroatoms. The van der Waals surface area contributed by atoms with Gasteiger partial charge in [-0.25, -0.2) is 18.2 Å². The van der Waals surface area contributed by atoms with Crippen molar-refractivity contribution in [2.75, 3.05) is 25.5 Å². The summed E-state index contributed by atoms with van der Waals surface area (Å²) in [6.45, 7) is 2.24. The molecule has 1 aliphatic heterocycles. The normalized spacial score (nSPS) is 16.8. The van der Waals surface area contributed by atoms with Gasteiger partial charge >= 0.3 is 5.97 Å². The summed E-state index contributed by atoms with van der Waals surface area (Å²) >= 11 is 6.49. The molecule has 1 saturated carbocycles. The molecule has 1 unspecified atom stereocenters. The van der Waals surface area contributed by atoms with Gasteiger partial charge in [0.05, 0.1) is 31.8 Å². The fraction of sp³-hybridized carbons (Fsp3) is 0.395. The molecule has 1 aromatic heterocycles. The molecular formula is C38H39ClF3N5O5. The number of hydrogen-bond donors (Lipinski definition) is 2. The molecule has 3 aromatic carbocycles. The Hall–Kier alpha value is -4.59. The Kier molecular flexibility index (Phi) is 10.2. The quantitative estimate of drug-likeness (QED) is 0.149. The maximum absolute atomic E-state index is 15.5. The summed E-state index contributed by atoms with van der Waals surface area (Å²) in [7, 11) is 3.19. The van der Waals surface area contributed by atoms with E-state index < -0.39 is 18.3 Å². The van der Waals surface area contributed by atoms with Crippen LogP contribution in [0.5, 0.6) is 11.5 Å². The van der Waals surface area contributed by atoms with Gasteiger partial charge in [0.25, 0.3) is 12.3 Å². The van der Waals surface area contributed by atoms with Gasteiger partial charge in [0, 0.05) is 49.6 Å². The number of amides is 1. The summed E-state index contributed by atoms with van der Waals surface area (Å²) in [5, 5.41) is 2.82. The monoisotopic (exact) mass is 737 g/mol. The van der Waals surface area contributed by atoms with Gasteiger partial charge in [-0.2, -0.15) is 0 Å². The number of alkyl halides is 2. The van der Waals surface area contributed by atoms with Crippen LogP contribution in [0.2, 0.25) is 5.02 Å². The second-order valence-corrected chi connectivity index (χ2v) is 13.8. The molecule has 0 radical (unpaired) electrons. The highest BCUT2D eigenvalue weighted by molar-refractivity contribution is 6.32. The first-order chi connectivity index (χ1) is 25.0. The van der Waals surface area contributed by atoms with Crippen LogP contribution in [-0.4, -0.2) is 53.0 Å². The zero-order valence-corrected chi connectivity index (χ0v) is 29.8. The zero-order chi connectivity index (χ0) is 36.7. The van der Waals surface area contributed by atoms with E-state index in [1.165, 1.54) is 7.11 Å². The van der Waals surface area contributed by atoms with Gasteiger partial charge in [0.2, 0.25) is 0 Å². The first-order valence-electron chi connectivity index (χ1n) is 17.3. The van der Waals surface area contributed by atoms with Crippen molar-refractivity contribution in [3.8, 4) is 22.6 Å². The van der Waals surface area contributed by atoms with Crippen molar-refractivity contribution in [1.82, 2.24) is 19.9 Å². The van der Waals surface area contributed by atoms with Crippen LogP contribution in [0, 0.1) is 18.7 Å². The second kappa shape index (κ2) is 14.8.